The van der Waals surface area contributed by atoms with E-state index in [2.05, 4.69) is 11.6 Å². The standard InChI is InChI=1S/C16H17ClN2O2/c1-11(15(20)21-16(2,3)4)13-9-12(17)5-6-14(13)19-8-7-18-10-19/h5-10H,1H2,2-4H3. The van der Waals surface area contributed by atoms with E-state index in [1.807, 2.05) is 26.8 Å². The summed E-state index contributed by atoms with van der Waals surface area (Å²) < 4.78 is 7.15. The summed E-state index contributed by atoms with van der Waals surface area (Å²) >= 11 is 6.04. The van der Waals surface area contributed by atoms with Gasteiger partial charge in [-0.05, 0) is 39.0 Å². The Balaban J connectivity index is 2.41. The highest BCUT2D eigenvalue weighted by molar-refractivity contribution is 6.31. The fraction of sp³-hybridized carbons (Fsp3) is 0.250. The predicted molar refractivity (Wildman–Crippen MR) is 83.5 cm³/mol. The quantitative estimate of drug-likeness (QED) is 0.638. The van der Waals surface area contributed by atoms with Crippen molar-refractivity contribution in [3.05, 3.63) is 54.1 Å². The third-order valence-electron chi connectivity index (χ3n) is 2.71. The lowest BCUT2D eigenvalue weighted by atomic mass is 10.0. The van der Waals surface area contributed by atoms with Crippen molar-refractivity contribution in [1.82, 2.24) is 9.55 Å². The van der Waals surface area contributed by atoms with Gasteiger partial charge in [0.25, 0.3) is 0 Å². The number of halogens is 1. The number of rotatable bonds is 3. The van der Waals surface area contributed by atoms with Crippen molar-refractivity contribution in [3.63, 3.8) is 0 Å². The fourth-order valence-corrected chi connectivity index (χ4v) is 2.00. The molecule has 0 aliphatic heterocycles. The van der Waals surface area contributed by atoms with Crippen molar-refractivity contribution in [2.24, 2.45) is 0 Å². The maximum Gasteiger partial charge on any atom is 0.338 e. The van der Waals surface area contributed by atoms with Gasteiger partial charge in [0.2, 0.25) is 0 Å². The van der Waals surface area contributed by atoms with Crippen molar-refractivity contribution < 1.29 is 9.53 Å². The number of imidazole rings is 1. The topological polar surface area (TPSA) is 44.1 Å². The molecule has 0 amide bonds. The largest absolute Gasteiger partial charge is 0.456 e. The first kappa shape index (κ1) is 15.3. The molecule has 5 heteroatoms. The van der Waals surface area contributed by atoms with Gasteiger partial charge in [-0.25, -0.2) is 9.78 Å². The Morgan fingerprint density at radius 1 is 1.38 bits per heavy atom. The van der Waals surface area contributed by atoms with E-state index in [9.17, 15) is 4.79 Å². The minimum absolute atomic E-state index is 0.260. The van der Waals surface area contributed by atoms with E-state index in [4.69, 9.17) is 16.3 Å². The molecule has 0 N–H and O–H groups in total. The Hall–Kier alpha value is -2.07. The van der Waals surface area contributed by atoms with Gasteiger partial charge in [0, 0.05) is 23.0 Å². The molecule has 4 nitrogen and oxygen atoms in total. The molecule has 0 aliphatic rings. The third kappa shape index (κ3) is 3.73. The summed E-state index contributed by atoms with van der Waals surface area (Å²) in [6.45, 7) is 9.29. The van der Waals surface area contributed by atoms with Crippen LogP contribution in [-0.4, -0.2) is 21.1 Å². The van der Waals surface area contributed by atoms with Crippen LogP contribution in [0.5, 0.6) is 0 Å². The fourth-order valence-electron chi connectivity index (χ4n) is 1.83. The molecule has 0 atom stereocenters. The molecule has 0 saturated heterocycles. The van der Waals surface area contributed by atoms with Crippen molar-refractivity contribution in [3.8, 4) is 5.69 Å². The van der Waals surface area contributed by atoms with E-state index in [0.29, 0.717) is 10.6 Å². The molecule has 0 radical (unpaired) electrons. The average Bonchev–Trinajstić information content (AvgIpc) is 2.89. The van der Waals surface area contributed by atoms with Gasteiger partial charge in [-0.1, -0.05) is 18.2 Å². The molecule has 0 fully saturated rings. The van der Waals surface area contributed by atoms with Crippen LogP contribution in [0.1, 0.15) is 26.3 Å². The highest BCUT2D eigenvalue weighted by Crippen LogP contribution is 2.27. The van der Waals surface area contributed by atoms with Crippen LogP contribution in [0.15, 0.2) is 43.5 Å². The first-order chi connectivity index (χ1) is 9.78. The van der Waals surface area contributed by atoms with Crippen LogP contribution in [0.4, 0.5) is 0 Å². The maximum absolute atomic E-state index is 12.2. The van der Waals surface area contributed by atoms with Crippen molar-refractivity contribution >= 4 is 23.1 Å². The van der Waals surface area contributed by atoms with Crippen LogP contribution in [-0.2, 0) is 9.53 Å². The molecule has 2 aromatic rings. The lowest BCUT2D eigenvalue weighted by Gasteiger charge is -2.21. The van der Waals surface area contributed by atoms with Crippen LogP contribution < -0.4 is 0 Å². The minimum Gasteiger partial charge on any atom is -0.456 e. The minimum atomic E-state index is -0.576. The molecule has 1 aromatic heterocycles. The van der Waals surface area contributed by atoms with Crippen LogP contribution in [0, 0.1) is 0 Å². The van der Waals surface area contributed by atoms with Gasteiger partial charge < -0.3 is 9.30 Å². The van der Waals surface area contributed by atoms with E-state index >= 15 is 0 Å². The third-order valence-corrected chi connectivity index (χ3v) is 2.95. The summed E-state index contributed by atoms with van der Waals surface area (Å²) in [6.07, 6.45) is 5.10. The van der Waals surface area contributed by atoms with Gasteiger partial charge in [-0.3, -0.25) is 0 Å². The molecular formula is C16H17ClN2O2. The number of hydrogen-bond acceptors (Lipinski definition) is 3. The monoisotopic (exact) mass is 304 g/mol. The van der Waals surface area contributed by atoms with Gasteiger partial charge in [-0.2, -0.15) is 0 Å². The van der Waals surface area contributed by atoms with Gasteiger partial charge in [-0.15, -0.1) is 0 Å². The zero-order chi connectivity index (χ0) is 15.6. The molecule has 110 valence electrons. The predicted octanol–water partition coefficient (Wildman–Crippen LogP) is 3.88. The smallest absolute Gasteiger partial charge is 0.338 e. The number of benzene rings is 1. The van der Waals surface area contributed by atoms with Crippen molar-refractivity contribution in [2.45, 2.75) is 26.4 Å². The zero-order valence-electron chi connectivity index (χ0n) is 12.3. The molecule has 0 bridgehead atoms. The Labute approximate surface area is 129 Å². The Morgan fingerprint density at radius 2 is 2.10 bits per heavy atom. The Bertz CT molecular complexity index is 670. The van der Waals surface area contributed by atoms with E-state index in [-0.39, 0.29) is 5.57 Å². The normalized spacial score (nSPS) is 11.2. The van der Waals surface area contributed by atoms with Gasteiger partial charge in [0.05, 0.1) is 17.6 Å². The molecule has 0 unspecified atom stereocenters. The summed E-state index contributed by atoms with van der Waals surface area (Å²) in [5.41, 5.74) is 1.08. The Morgan fingerprint density at radius 3 is 2.67 bits per heavy atom. The number of nitrogens with zero attached hydrogens (tertiary/aromatic N) is 2. The van der Waals surface area contributed by atoms with E-state index in [1.165, 1.54) is 0 Å². The van der Waals surface area contributed by atoms with Crippen LogP contribution in [0.2, 0.25) is 5.02 Å². The lowest BCUT2D eigenvalue weighted by molar-refractivity contribution is -0.147. The highest BCUT2D eigenvalue weighted by atomic mass is 35.5. The van der Waals surface area contributed by atoms with E-state index in [1.54, 1.807) is 35.4 Å². The van der Waals surface area contributed by atoms with Gasteiger partial charge >= 0.3 is 5.97 Å². The van der Waals surface area contributed by atoms with Crippen molar-refractivity contribution in [1.29, 1.82) is 0 Å². The molecule has 0 aliphatic carbocycles. The van der Waals surface area contributed by atoms with Crippen LogP contribution >= 0.6 is 11.6 Å². The summed E-state index contributed by atoms with van der Waals surface area (Å²) in [4.78, 5) is 16.2. The number of ether oxygens (including phenoxy) is 1. The number of aromatic nitrogens is 2. The second-order valence-corrected chi connectivity index (χ2v) is 6.05. The first-order valence-electron chi connectivity index (χ1n) is 6.48. The second-order valence-electron chi connectivity index (χ2n) is 5.61. The summed E-state index contributed by atoms with van der Waals surface area (Å²) in [6, 6.07) is 5.26. The number of esters is 1. The maximum atomic E-state index is 12.2. The summed E-state index contributed by atoms with van der Waals surface area (Å²) in [5.74, 6) is -0.467. The van der Waals surface area contributed by atoms with Crippen LogP contribution in [0.25, 0.3) is 11.3 Å². The summed E-state index contributed by atoms with van der Waals surface area (Å²) in [7, 11) is 0. The van der Waals surface area contributed by atoms with E-state index in [0.717, 1.165) is 5.69 Å². The number of carbonyl (C=O) groups excluding carboxylic acids is 1. The first-order valence-corrected chi connectivity index (χ1v) is 6.86. The molecule has 1 aromatic carbocycles. The Kier molecular flexibility index (Phi) is 4.19. The number of carbonyl (C=O) groups is 1. The van der Waals surface area contributed by atoms with Crippen molar-refractivity contribution in [2.75, 3.05) is 0 Å². The van der Waals surface area contributed by atoms with Crippen LogP contribution in [0.3, 0.4) is 0 Å². The second kappa shape index (κ2) is 5.74. The lowest BCUT2D eigenvalue weighted by Crippen LogP contribution is -2.24. The van der Waals surface area contributed by atoms with Gasteiger partial charge in [0.15, 0.2) is 0 Å². The molecule has 0 saturated carbocycles. The highest BCUT2D eigenvalue weighted by Gasteiger charge is 2.21. The number of hydrogen-bond donors (Lipinski definition) is 0. The molecular weight excluding hydrogens is 288 g/mol. The average molecular weight is 305 g/mol. The zero-order valence-corrected chi connectivity index (χ0v) is 13.0. The molecule has 1 heterocycles. The van der Waals surface area contributed by atoms with E-state index < -0.39 is 11.6 Å². The summed E-state index contributed by atoms with van der Waals surface area (Å²) in [5, 5.41) is 0.526. The molecule has 2 rings (SSSR count). The molecule has 0 spiro atoms. The van der Waals surface area contributed by atoms with Gasteiger partial charge in [0.1, 0.15) is 5.60 Å². The SMILES string of the molecule is C=C(C(=O)OC(C)(C)C)c1cc(Cl)ccc1-n1ccnc1. The molecule has 21 heavy (non-hydrogen) atoms.